The van der Waals surface area contributed by atoms with Crippen LogP contribution in [0.2, 0.25) is 0 Å². The Balaban J connectivity index is 1.43. The summed E-state index contributed by atoms with van der Waals surface area (Å²) >= 11 is 0. The minimum Gasteiger partial charge on any atom is -0.363 e. The van der Waals surface area contributed by atoms with Crippen LogP contribution in [-0.2, 0) is 6.54 Å². The second kappa shape index (κ2) is 8.27. The molecule has 1 aromatic heterocycles. The minimum atomic E-state index is -4.49. The average Bonchev–Trinajstić information content (AvgIpc) is 3.26. The van der Waals surface area contributed by atoms with Gasteiger partial charge in [-0.1, -0.05) is 72.8 Å². The van der Waals surface area contributed by atoms with Crippen LogP contribution in [0.3, 0.4) is 0 Å². The first-order chi connectivity index (χ1) is 15.9. The van der Waals surface area contributed by atoms with Gasteiger partial charge in [-0.2, -0.15) is 18.3 Å². The second-order valence-electron chi connectivity index (χ2n) is 8.07. The molecule has 2 N–H and O–H groups in total. The molecule has 0 bridgehead atoms. The van der Waals surface area contributed by atoms with Crippen LogP contribution in [-0.4, -0.2) is 21.9 Å². The van der Waals surface area contributed by atoms with Gasteiger partial charge in [-0.05, 0) is 21.9 Å². The zero-order valence-electron chi connectivity index (χ0n) is 17.5. The number of nitrogens with one attached hydrogen (secondary N) is 2. The van der Waals surface area contributed by atoms with Gasteiger partial charge in [0.2, 0.25) is 0 Å². The summed E-state index contributed by atoms with van der Waals surface area (Å²) in [6.45, 7) is 0.246. The van der Waals surface area contributed by atoms with Crippen LogP contribution in [0.25, 0.3) is 10.8 Å². The van der Waals surface area contributed by atoms with E-state index in [9.17, 15) is 18.0 Å². The SMILES string of the molecule is O=C(NCc1cccc2ccccc12)c1cnn2c1NC(c1ccccc1)CC2C(F)(F)F. The zero-order valence-corrected chi connectivity index (χ0v) is 17.5. The number of aromatic nitrogens is 2. The Morgan fingerprint density at radius 2 is 1.76 bits per heavy atom. The van der Waals surface area contributed by atoms with Gasteiger partial charge in [-0.25, -0.2) is 4.68 Å². The van der Waals surface area contributed by atoms with Crippen LogP contribution in [0.1, 0.15) is 40.0 Å². The zero-order chi connectivity index (χ0) is 23.0. The third-order valence-electron chi connectivity index (χ3n) is 6.00. The number of carbonyl (C=O) groups excluding carboxylic acids is 1. The molecule has 1 amide bonds. The largest absolute Gasteiger partial charge is 0.410 e. The summed E-state index contributed by atoms with van der Waals surface area (Å²) in [6.07, 6.45) is -3.50. The molecule has 5 nitrogen and oxygen atoms in total. The molecular formula is C25H21F3N4O. The summed E-state index contributed by atoms with van der Waals surface area (Å²) in [7, 11) is 0. The van der Waals surface area contributed by atoms with Crippen molar-refractivity contribution in [1.29, 1.82) is 0 Å². The summed E-state index contributed by atoms with van der Waals surface area (Å²) < 4.78 is 42.4. The second-order valence-corrected chi connectivity index (χ2v) is 8.07. The Labute approximate surface area is 188 Å². The van der Waals surface area contributed by atoms with Crippen molar-refractivity contribution in [2.45, 2.75) is 31.2 Å². The van der Waals surface area contributed by atoms with E-state index in [4.69, 9.17) is 0 Å². The van der Waals surface area contributed by atoms with Crippen LogP contribution >= 0.6 is 0 Å². The predicted octanol–water partition coefficient (Wildman–Crippen LogP) is 5.63. The van der Waals surface area contributed by atoms with E-state index in [1.165, 1.54) is 6.20 Å². The lowest BCUT2D eigenvalue weighted by atomic mass is 9.96. The molecule has 0 saturated heterocycles. The Hall–Kier alpha value is -3.81. The van der Waals surface area contributed by atoms with E-state index in [2.05, 4.69) is 15.7 Å². The van der Waals surface area contributed by atoms with Gasteiger partial charge in [0.25, 0.3) is 5.91 Å². The molecule has 8 heteroatoms. The van der Waals surface area contributed by atoms with Gasteiger partial charge in [0, 0.05) is 13.0 Å². The summed E-state index contributed by atoms with van der Waals surface area (Å²) in [5.74, 6) is -0.404. The van der Waals surface area contributed by atoms with Crippen LogP contribution in [0.15, 0.2) is 79.0 Å². The van der Waals surface area contributed by atoms with Crippen molar-refractivity contribution in [2.24, 2.45) is 0 Å². The Morgan fingerprint density at radius 1 is 1.03 bits per heavy atom. The summed E-state index contributed by atoms with van der Waals surface area (Å²) in [4.78, 5) is 13.0. The molecule has 2 atom stereocenters. The first kappa shape index (κ1) is 21.1. The van der Waals surface area contributed by atoms with E-state index in [0.717, 1.165) is 26.6 Å². The lowest BCUT2D eigenvalue weighted by Gasteiger charge is -2.34. The van der Waals surface area contributed by atoms with Crippen molar-refractivity contribution in [3.05, 3.63) is 95.7 Å². The lowest BCUT2D eigenvalue weighted by Crippen LogP contribution is -2.36. The van der Waals surface area contributed by atoms with Crippen LogP contribution in [0.5, 0.6) is 0 Å². The Morgan fingerprint density at radius 3 is 2.55 bits per heavy atom. The van der Waals surface area contributed by atoms with E-state index >= 15 is 0 Å². The molecule has 0 saturated carbocycles. The van der Waals surface area contributed by atoms with Crippen molar-refractivity contribution in [3.8, 4) is 0 Å². The highest BCUT2D eigenvalue weighted by atomic mass is 19.4. The molecule has 0 fully saturated rings. The molecule has 0 aliphatic carbocycles. The summed E-state index contributed by atoms with van der Waals surface area (Å²) in [5, 5.41) is 11.9. The number of hydrogen-bond donors (Lipinski definition) is 2. The number of carbonyl (C=O) groups is 1. The van der Waals surface area contributed by atoms with Gasteiger partial charge in [0.05, 0.1) is 12.2 Å². The van der Waals surface area contributed by atoms with Crippen molar-refractivity contribution in [1.82, 2.24) is 15.1 Å². The summed E-state index contributed by atoms with van der Waals surface area (Å²) in [5.41, 5.74) is 1.73. The van der Waals surface area contributed by atoms with Gasteiger partial charge in [0.15, 0.2) is 6.04 Å². The molecule has 33 heavy (non-hydrogen) atoms. The predicted molar refractivity (Wildman–Crippen MR) is 120 cm³/mol. The Kier molecular flexibility index (Phi) is 5.28. The molecule has 5 rings (SSSR count). The third-order valence-corrected chi connectivity index (χ3v) is 6.00. The fraction of sp³-hybridized carbons (Fsp3) is 0.200. The lowest BCUT2D eigenvalue weighted by molar-refractivity contribution is -0.173. The number of amides is 1. The number of benzene rings is 3. The first-order valence-electron chi connectivity index (χ1n) is 10.6. The highest BCUT2D eigenvalue weighted by Gasteiger charge is 2.47. The molecule has 168 valence electrons. The number of nitrogens with zero attached hydrogens (tertiary/aromatic N) is 2. The molecule has 1 aliphatic heterocycles. The smallest absolute Gasteiger partial charge is 0.363 e. The molecular weight excluding hydrogens is 429 g/mol. The van der Waals surface area contributed by atoms with Gasteiger partial charge >= 0.3 is 6.18 Å². The van der Waals surface area contributed by atoms with Crippen LogP contribution in [0, 0.1) is 0 Å². The van der Waals surface area contributed by atoms with Gasteiger partial charge < -0.3 is 10.6 Å². The molecule has 0 spiro atoms. The van der Waals surface area contributed by atoms with Gasteiger partial charge in [-0.3, -0.25) is 4.79 Å². The van der Waals surface area contributed by atoms with E-state index < -0.39 is 24.2 Å². The average molecular weight is 450 g/mol. The maximum absolute atomic E-state index is 13.8. The third kappa shape index (κ3) is 4.04. The van der Waals surface area contributed by atoms with E-state index in [-0.39, 0.29) is 24.3 Å². The van der Waals surface area contributed by atoms with E-state index in [0.29, 0.717) is 0 Å². The van der Waals surface area contributed by atoms with Crippen molar-refractivity contribution >= 4 is 22.5 Å². The molecule has 4 aromatic rings. The van der Waals surface area contributed by atoms with Crippen LogP contribution in [0.4, 0.5) is 19.0 Å². The maximum atomic E-state index is 13.8. The number of anilines is 1. The maximum Gasteiger partial charge on any atom is 0.410 e. The number of halogens is 3. The number of fused-ring (bicyclic) bond motifs is 2. The van der Waals surface area contributed by atoms with Gasteiger partial charge in [0.1, 0.15) is 11.4 Å². The first-order valence-corrected chi connectivity index (χ1v) is 10.6. The van der Waals surface area contributed by atoms with Crippen molar-refractivity contribution in [3.63, 3.8) is 0 Å². The number of hydrogen-bond acceptors (Lipinski definition) is 3. The topological polar surface area (TPSA) is 59.0 Å². The standard InChI is InChI=1S/C25H21F3N4O/c26-25(27,28)22-13-21(17-8-2-1-3-9-17)31-23-20(15-30-32(22)23)24(33)29-14-18-11-6-10-16-7-4-5-12-19(16)18/h1-12,15,21-22,31H,13-14H2,(H,29,33). The van der Waals surface area contributed by atoms with Crippen molar-refractivity contribution in [2.75, 3.05) is 5.32 Å². The summed E-state index contributed by atoms with van der Waals surface area (Å²) in [6, 6.07) is 20.1. The monoisotopic (exact) mass is 450 g/mol. The fourth-order valence-corrected chi connectivity index (χ4v) is 4.35. The highest BCUT2D eigenvalue weighted by molar-refractivity contribution is 5.99. The molecule has 1 aliphatic rings. The molecule has 0 radical (unpaired) electrons. The van der Waals surface area contributed by atoms with E-state index in [1.54, 1.807) is 24.3 Å². The Bertz CT molecular complexity index is 1290. The molecule has 3 aromatic carbocycles. The highest BCUT2D eigenvalue weighted by Crippen LogP contribution is 2.44. The van der Waals surface area contributed by atoms with E-state index in [1.807, 2.05) is 48.5 Å². The van der Waals surface area contributed by atoms with Crippen molar-refractivity contribution < 1.29 is 18.0 Å². The number of alkyl halides is 3. The number of rotatable bonds is 4. The quantitative estimate of drug-likeness (QED) is 0.424. The minimum absolute atomic E-state index is 0.0767. The fourth-order valence-electron chi connectivity index (χ4n) is 4.35. The molecule has 2 heterocycles. The van der Waals surface area contributed by atoms with Gasteiger partial charge in [-0.15, -0.1) is 0 Å². The normalized spacial score (nSPS) is 17.9. The van der Waals surface area contributed by atoms with Crippen LogP contribution < -0.4 is 10.6 Å². The molecule has 2 unspecified atom stereocenters.